The fourth-order valence-corrected chi connectivity index (χ4v) is 0.750. The summed E-state index contributed by atoms with van der Waals surface area (Å²) in [5, 5.41) is 0. The molecule has 0 amide bonds. The van der Waals surface area contributed by atoms with Crippen LogP contribution in [0.2, 0.25) is 0 Å². The first kappa shape index (κ1) is 12.2. The van der Waals surface area contributed by atoms with E-state index in [0.29, 0.717) is 0 Å². The van der Waals surface area contributed by atoms with E-state index in [4.69, 9.17) is 4.80 Å². The second-order valence-electron chi connectivity index (χ2n) is 1.14. The van der Waals surface area contributed by atoms with Crippen molar-refractivity contribution in [1.82, 2.24) is 0 Å². The zero-order valence-corrected chi connectivity index (χ0v) is 8.29. The Kier molecular flexibility index (Phi) is 7.25. The standard InChI is InChI=1S/C3H10O4Si.BrH/c1-5-8(4,6-2)7-3;/h4H,1-3H3;1H. The fourth-order valence-electron chi connectivity index (χ4n) is 0.250. The second-order valence-corrected chi connectivity index (χ2v) is 3.41. The molecule has 0 saturated carbocycles. The molecule has 9 heavy (non-hydrogen) atoms. The van der Waals surface area contributed by atoms with E-state index in [-0.39, 0.29) is 17.0 Å². The molecule has 58 valence electrons. The van der Waals surface area contributed by atoms with Crippen molar-refractivity contribution >= 4 is 26.0 Å². The third kappa shape index (κ3) is 4.01. The average molecular weight is 219 g/mol. The van der Waals surface area contributed by atoms with Gasteiger partial charge in [0, 0.05) is 21.3 Å². The Hall–Kier alpha value is 0.537. The van der Waals surface area contributed by atoms with E-state index in [1.54, 1.807) is 0 Å². The van der Waals surface area contributed by atoms with Crippen molar-refractivity contribution in [3.8, 4) is 0 Å². The Morgan fingerprint density at radius 2 is 1.22 bits per heavy atom. The predicted octanol–water partition coefficient (Wildman–Crippen LogP) is -0.0686. The van der Waals surface area contributed by atoms with Gasteiger partial charge in [-0.25, -0.2) is 0 Å². The van der Waals surface area contributed by atoms with Gasteiger partial charge < -0.3 is 18.1 Å². The molecular weight excluding hydrogens is 208 g/mol. The second kappa shape index (κ2) is 5.33. The number of hydrogen-bond acceptors (Lipinski definition) is 4. The van der Waals surface area contributed by atoms with Gasteiger partial charge in [-0.1, -0.05) is 0 Å². The lowest BCUT2D eigenvalue weighted by atomic mass is 11.8. The van der Waals surface area contributed by atoms with Gasteiger partial charge in [0.25, 0.3) is 0 Å². The van der Waals surface area contributed by atoms with Gasteiger partial charge in [0.2, 0.25) is 0 Å². The summed E-state index contributed by atoms with van der Waals surface area (Å²) >= 11 is 0. The summed E-state index contributed by atoms with van der Waals surface area (Å²) in [6.45, 7) is 0. The van der Waals surface area contributed by atoms with E-state index in [1.807, 2.05) is 0 Å². The Balaban J connectivity index is 0. The van der Waals surface area contributed by atoms with Crippen molar-refractivity contribution in [2.75, 3.05) is 21.3 Å². The van der Waals surface area contributed by atoms with Crippen LogP contribution in [0.3, 0.4) is 0 Å². The van der Waals surface area contributed by atoms with Gasteiger partial charge >= 0.3 is 9.05 Å². The average Bonchev–Trinajstić information content (AvgIpc) is 1.87. The van der Waals surface area contributed by atoms with E-state index >= 15 is 0 Å². The minimum Gasteiger partial charge on any atom is -0.367 e. The molecule has 0 aliphatic rings. The monoisotopic (exact) mass is 218 g/mol. The first-order chi connectivity index (χ1) is 3.68. The van der Waals surface area contributed by atoms with Crippen LogP contribution >= 0.6 is 17.0 Å². The van der Waals surface area contributed by atoms with Crippen LogP contribution in [-0.4, -0.2) is 35.2 Å². The van der Waals surface area contributed by atoms with Crippen molar-refractivity contribution in [1.29, 1.82) is 0 Å². The Labute approximate surface area is 66.0 Å². The molecular formula is C3H11BrO4Si. The molecule has 0 aliphatic carbocycles. The highest BCUT2D eigenvalue weighted by molar-refractivity contribution is 8.93. The van der Waals surface area contributed by atoms with Crippen LogP contribution < -0.4 is 0 Å². The highest BCUT2D eigenvalue weighted by atomic mass is 79.9. The molecule has 0 aromatic carbocycles. The van der Waals surface area contributed by atoms with Crippen LogP contribution in [0.5, 0.6) is 0 Å². The molecule has 0 spiro atoms. The van der Waals surface area contributed by atoms with Gasteiger partial charge in [-0.3, -0.25) is 0 Å². The Morgan fingerprint density at radius 3 is 1.22 bits per heavy atom. The van der Waals surface area contributed by atoms with Crippen LogP contribution in [0.15, 0.2) is 0 Å². The third-order valence-corrected chi connectivity index (χ3v) is 2.32. The summed E-state index contributed by atoms with van der Waals surface area (Å²) in [5.41, 5.74) is 0. The Morgan fingerprint density at radius 1 is 1.00 bits per heavy atom. The zero-order valence-electron chi connectivity index (χ0n) is 5.58. The molecule has 0 atom stereocenters. The summed E-state index contributed by atoms with van der Waals surface area (Å²) in [6.07, 6.45) is 0. The molecule has 0 radical (unpaired) electrons. The maximum atomic E-state index is 8.91. The first-order valence-electron chi connectivity index (χ1n) is 2.06. The van der Waals surface area contributed by atoms with Crippen LogP contribution in [-0.2, 0) is 13.3 Å². The summed E-state index contributed by atoms with van der Waals surface area (Å²) in [7, 11) is 0.826. The maximum Gasteiger partial charge on any atom is 0.676 e. The smallest absolute Gasteiger partial charge is 0.367 e. The molecule has 0 aromatic rings. The van der Waals surface area contributed by atoms with Gasteiger partial charge in [-0.05, 0) is 0 Å². The first-order valence-corrected chi connectivity index (χ1v) is 3.73. The number of halogens is 1. The van der Waals surface area contributed by atoms with Crippen LogP contribution in [0.1, 0.15) is 0 Å². The van der Waals surface area contributed by atoms with E-state index in [1.165, 1.54) is 21.3 Å². The van der Waals surface area contributed by atoms with Crippen molar-refractivity contribution in [2.45, 2.75) is 0 Å². The van der Waals surface area contributed by atoms with Crippen LogP contribution in [0, 0.1) is 0 Å². The fraction of sp³-hybridized carbons (Fsp3) is 1.00. The summed E-state index contributed by atoms with van der Waals surface area (Å²) in [5.74, 6) is 0. The summed E-state index contributed by atoms with van der Waals surface area (Å²) < 4.78 is 13.5. The van der Waals surface area contributed by atoms with E-state index in [9.17, 15) is 0 Å². The summed E-state index contributed by atoms with van der Waals surface area (Å²) in [4.78, 5) is 8.91. The van der Waals surface area contributed by atoms with Gasteiger partial charge in [0.15, 0.2) is 0 Å². The molecule has 0 unspecified atom stereocenters. The highest BCUT2D eigenvalue weighted by Gasteiger charge is 2.36. The lowest BCUT2D eigenvalue weighted by Gasteiger charge is -2.14. The normalized spacial score (nSPS) is 10.7. The van der Waals surface area contributed by atoms with Gasteiger partial charge in [-0.2, -0.15) is 0 Å². The maximum absolute atomic E-state index is 8.91. The number of rotatable bonds is 3. The van der Waals surface area contributed by atoms with E-state index in [2.05, 4.69) is 13.3 Å². The molecule has 4 nitrogen and oxygen atoms in total. The van der Waals surface area contributed by atoms with Gasteiger partial charge in [-0.15, -0.1) is 17.0 Å². The molecule has 0 aromatic heterocycles. The Bertz CT molecular complexity index is 58.6. The topological polar surface area (TPSA) is 47.9 Å². The SMILES string of the molecule is Br.CO[Si](O)(OC)OC. The largest absolute Gasteiger partial charge is 0.676 e. The molecule has 6 heteroatoms. The summed E-state index contributed by atoms with van der Waals surface area (Å²) in [6, 6.07) is 0. The van der Waals surface area contributed by atoms with Crippen LogP contribution in [0.25, 0.3) is 0 Å². The minimum absolute atomic E-state index is 0. The minimum atomic E-state index is -3.17. The lowest BCUT2D eigenvalue weighted by Crippen LogP contribution is -2.42. The molecule has 0 saturated heterocycles. The molecule has 1 N–H and O–H groups in total. The van der Waals surface area contributed by atoms with Crippen molar-refractivity contribution in [3.05, 3.63) is 0 Å². The van der Waals surface area contributed by atoms with Crippen molar-refractivity contribution in [2.24, 2.45) is 0 Å². The zero-order chi connectivity index (χ0) is 6.62. The molecule has 0 fully saturated rings. The number of hydrogen-bond donors (Lipinski definition) is 1. The van der Waals surface area contributed by atoms with E-state index < -0.39 is 9.05 Å². The van der Waals surface area contributed by atoms with Crippen LogP contribution in [0.4, 0.5) is 0 Å². The molecule has 0 aliphatic heterocycles. The highest BCUT2D eigenvalue weighted by Crippen LogP contribution is 1.97. The van der Waals surface area contributed by atoms with Crippen molar-refractivity contribution in [3.63, 3.8) is 0 Å². The third-order valence-electron chi connectivity index (χ3n) is 0.774. The predicted molar refractivity (Wildman–Crippen MR) is 39.3 cm³/mol. The molecule has 0 rings (SSSR count). The van der Waals surface area contributed by atoms with Gasteiger partial charge in [0.05, 0.1) is 0 Å². The van der Waals surface area contributed by atoms with E-state index in [0.717, 1.165) is 0 Å². The quantitative estimate of drug-likeness (QED) is 0.675. The molecule has 0 heterocycles. The lowest BCUT2D eigenvalue weighted by molar-refractivity contribution is 0.0418. The molecule has 0 bridgehead atoms. The van der Waals surface area contributed by atoms with Crippen molar-refractivity contribution < 1.29 is 18.1 Å². The van der Waals surface area contributed by atoms with Gasteiger partial charge in [0.1, 0.15) is 0 Å².